The van der Waals surface area contributed by atoms with E-state index in [0.29, 0.717) is 22.5 Å². The Bertz CT molecular complexity index is 469. The second-order valence-corrected chi connectivity index (χ2v) is 5.76. The summed E-state index contributed by atoms with van der Waals surface area (Å²) in [6.07, 6.45) is 4.71. The van der Waals surface area contributed by atoms with Crippen molar-refractivity contribution >= 4 is 23.2 Å². The molecule has 3 rings (SSSR count). The van der Waals surface area contributed by atoms with Crippen molar-refractivity contribution < 1.29 is 9.90 Å². The molecule has 1 aromatic rings. The summed E-state index contributed by atoms with van der Waals surface area (Å²) in [5.74, 6) is 1.52. The first kappa shape index (κ1) is 11.8. The van der Waals surface area contributed by atoms with Crippen LogP contribution in [0.2, 0.25) is 5.02 Å². The van der Waals surface area contributed by atoms with E-state index in [9.17, 15) is 9.90 Å². The number of aromatic hydroxyl groups is 1. The SMILES string of the molecule is O=C(Nc1ccc(O)cc1Cl)C(C1CC1)C1CC1. The molecule has 4 heteroatoms. The Hall–Kier alpha value is -1.22. The number of hydrogen-bond donors (Lipinski definition) is 2. The molecule has 0 bridgehead atoms. The first-order valence-corrected chi connectivity index (χ1v) is 6.82. The number of amides is 1. The number of hydrogen-bond acceptors (Lipinski definition) is 2. The van der Waals surface area contributed by atoms with Crippen LogP contribution in [0.25, 0.3) is 0 Å². The van der Waals surface area contributed by atoms with E-state index in [1.54, 1.807) is 6.07 Å². The van der Waals surface area contributed by atoms with Gasteiger partial charge < -0.3 is 10.4 Å². The number of rotatable bonds is 4. The van der Waals surface area contributed by atoms with E-state index < -0.39 is 0 Å². The number of phenols is 1. The highest BCUT2D eigenvalue weighted by Crippen LogP contribution is 2.49. The number of benzene rings is 1. The zero-order valence-corrected chi connectivity index (χ0v) is 10.8. The van der Waals surface area contributed by atoms with E-state index in [4.69, 9.17) is 11.6 Å². The second kappa shape index (κ2) is 4.47. The topological polar surface area (TPSA) is 49.3 Å². The summed E-state index contributed by atoms with van der Waals surface area (Å²) in [5, 5.41) is 12.6. The molecule has 2 saturated carbocycles. The van der Waals surface area contributed by atoms with Gasteiger partial charge in [-0.15, -0.1) is 0 Å². The molecule has 2 N–H and O–H groups in total. The third-order valence-corrected chi connectivity index (χ3v) is 4.09. The van der Waals surface area contributed by atoms with Crippen LogP contribution in [0.5, 0.6) is 5.75 Å². The Morgan fingerprint density at radius 2 is 1.89 bits per heavy atom. The van der Waals surface area contributed by atoms with Crippen LogP contribution in [0.1, 0.15) is 25.7 Å². The van der Waals surface area contributed by atoms with Crippen molar-refractivity contribution in [3.05, 3.63) is 23.2 Å². The van der Waals surface area contributed by atoms with Crippen molar-refractivity contribution in [3.8, 4) is 5.75 Å². The zero-order chi connectivity index (χ0) is 12.7. The molecule has 0 radical (unpaired) electrons. The summed E-state index contributed by atoms with van der Waals surface area (Å²) in [5.41, 5.74) is 0.589. The van der Waals surface area contributed by atoms with E-state index in [-0.39, 0.29) is 17.6 Å². The van der Waals surface area contributed by atoms with Gasteiger partial charge in [-0.05, 0) is 49.7 Å². The first-order chi connectivity index (χ1) is 8.65. The lowest BCUT2D eigenvalue weighted by Gasteiger charge is -2.16. The van der Waals surface area contributed by atoms with Crippen LogP contribution < -0.4 is 5.32 Å². The van der Waals surface area contributed by atoms with E-state index in [1.807, 2.05) is 0 Å². The van der Waals surface area contributed by atoms with Gasteiger partial charge in [0.15, 0.2) is 0 Å². The van der Waals surface area contributed by atoms with E-state index >= 15 is 0 Å². The molecular formula is C14H16ClNO2. The highest BCUT2D eigenvalue weighted by Gasteiger charge is 2.45. The van der Waals surface area contributed by atoms with Crippen LogP contribution in [0, 0.1) is 17.8 Å². The van der Waals surface area contributed by atoms with E-state index in [1.165, 1.54) is 37.8 Å². The Labute approximate surface area is 111 Å². The van der Waals surface area contributed by atoms with Gasteiger partial charge >= 0.3 is 0 Å². The molecule has 18 heavy (non-hydrogen) atoms. The molecule has 0 heterocycles. The van der Waals surface area contributed by atoms with Gasteiger partial charge in [0.25, 0.3) is 0 Å². The number of carbonyl (C=O) groups is 1. The number of nitrogens with one attached hydrogen (secondary N) is 1. The molecule has 96 valence electrons. The fourth-order valence-electron chi connectivity index (χ4n) is 2.55. The molecule has 2 fully saturated rings. The lowest BCUT2D eigenvalue weighted by atomic mass is 9.97. The highest BCUT2D eigenvalue weighted by molar-refractivity contribution is 6.33. The molecule has 1 amide bonds. The third-order valence-electron chi connectivity index (χ3n) is 3.77. The molecule has 0 aromatic heterocycles. The number of anilines is 1. The lowest BCUT2D eigenvalue weighted by molar-refractivity contribution is -0.121. The molecule has 0 spiro atoms. The summed E-state index contributed by atoms with van der Waals surface area (Å²) in [7, 11) is 0. The maximum Gasteiger partial charge on any atom is 0.228 e. The van der Waals surface area contributed by atoms with Crippen LogP contribution in [-0.2, 0) is 4.79 Å². The molecule has 3 nitrogen and oxygen atoms in total. The minimum atomic E-state index is 0.0904. The molecule has 0 aliphatic heterocycles. The van der Waals surface area contributed by atoms with Gasteiger partial charge in [0.1, 0.15) is 5.75 Å². The largest absolute Gasteiger partial charge is 0.508 e. The summed E-state index contributed by atoms with van der Waals surface area (Å²) in [6.45, 7) is 0. The smallest absolute Gasteiger partial charge is 0.228 e. The predicted molar refractivity (Wildman–Crippen MR) is 70.7 cm³/mol. The van der Waals surface area contributed by atoms with Gasteiger partial charge in [-0.2, -0.15) is 0 Å². The Balaban J connectivity index is 1.72. The Morgan fingerprint density at radius 1 is 1.28 bits per heavy atom. The normalized spacial score (nSPS) is 19.0. The molecule has 0 saturated heterocycles. The summed E-state index contributed by atoms with van der Waals surface area (Å²) >= 11 is 5.99. The molecule has 0 atom stereocenters. The zero-order valence-electron chi connectivity index (χ0n) is 10.0. The molecule has 2 aliphatic rings. The summed E-state index contributed by atoms with van der Waals surface area (Å²) in [6, 6.07) is 4.62. The van der Waals surface area contributed by atoms with Crippen molar-refractivity contribution in [3.63, 3.8) is 0 Å². The molecule has 0 unspecified atom stereocenters. The van der Waals surface area contributed by atoms with Crippen molar-refractivity contribution in [2.24, 2.45) is 17.8 Å². The first-order valence-electron chi connectivity index (χ1n) is 6.44. The van der Waals surface area contributed by atoms with Gasteiger partial charge in [0.05, 0.1) is 10.7 Å². The van der Waals surface area contributed by atoms with Gasteiger partial charge in [0.2, 0.25) is 5.91 Å². The number of carbonyl (C=O) groups excluding carboxylic acids is 1. The monoisotopic (exact) mass is 265 g/mol. The minimum Gasteiger partial charge on any atom is -0.508 e. The van der Waals surface area contributed by atoms with Crippen molar-refractivity contribution in [2.45, 2.75) is 25.7 Å². The van der Waals surface area contributed by atoms with Crippen LogP contribution >= 0.6 is 11.6 Å². The van der Waals surface area contributed by atoms with E-state index in [0.717, 1.165) is 0 Å². The standard InChI is InChI=1S/C14H16ClNO2/c15-11-7-10(17)5-6-12(11)16-14(18)13(8-1-2-8)9-3-4-9/h5-9,13,17H,1-4H2,(H,16,18). The number of phenolic OH excluding ortho intramolecular Hbond substituents is 1. The van der Waals surface area contributed by atoms with Crippen LogP contribution in [0.4, 0.5) is 5.69 Å². The Kier molecular flexibility index (Phi) is 2.94. The molecule has 1 aromatic carbocycles. The highest BCUT2D eigenvalue weighted by atomic mass is 35.5. The number of halogens is 1. The fraction of sp³-hybridized carbons (Fsp3) is 0.500. The average molecular weight is 266 g/mol. The quantitative estimate of drug-likeness (QED) is 0.820. The van der Waals surface area contributed by atoms with Gasteiger partial charge in [-0.25, -0.2) is 0 Å². The predicted octanol–water partition coefficient (Wildman–Crippen LogP) is 3.42. The second-order valence-electron chi connectivity index (χ2n) is 5.35. The maximum absolute atomic E-state index is 12.3. The van der Waals surface area contributed by atoms with E-state index in [2.05, 4.69) is 5.32 Å². The van der Waals surface area contributed by atoms with Crippen LogP contribution in [-0.4, -0.2) is 11.0 Å². The third kappa shape index (κ3) is 2.46. The van der Waals surface area contributed by atoms with Crippen molar-refractivity contribution in [1.82, 2.24) is 0 Å². The van der Waals surface area contributed by atoms with Crippen LogP contribution in [0.15, 0.2) is 18.2 Å². The van der Waals surface area contributed by atoms with Gasteiger partial charge in [-0.1, -0.05) is 11.6 Å². The fourth-order valence-corrected chi connectivity index (χ4v) is 2.77. The van der Waals surface area contributed by atoms with Gasteiger partial charge in [0, 0.05) is 12.0 Å². The average Bonchev–Trinajstić information content (AvgIpc) is 3.16. The van der Waals surface area contributed by atoms with Crippen molar-refractivity contribution in [2.75, 3.05) is 5.32 Å². The maximum atomic E-state index is 12.3. The Morgan fingerprint density at radius 3 is 2.39 bits per heavy atom. The van der Waals surface area contributed by atoms with Crippen LogP contribution in [0.3, 0.4) is 0 Å². The summed E-state index contributed by atoms with van der Waals surface area (Å²) in [4.78, 5) is 12.3. The lowest BCUT2D eigenvalue weighted by Crippen LogP contribution is -2.26. The summed E-state index contributed by atoms with van der Waals surface area (Å²) < 4.78 is 0. The van der Waals surface area contributed by atoms with Gasteiger partial charge in [-0.3, -0.25) is 4.79 Å². The van der Waals surface area contributed by atoms with Crippen molar-refractivity contribution in [1.29, 1.82) is 0 Å². The molecular weight excluding hydrogens is 250 g/mol. The molecule has 2 aliphatic carbocycles. The minimum absolute atomic E-state index is 0.0904.